The Labute approximate surface area is 111 Å². The number of nitrogens with two attached hydrogens (primary N) is 1. The van der Waals surface area contributed by atoms with E-state index in [2.05, 4.69) is 5.10 Å². The third-order valence-electron chi connectivity index (χ3n) is 3.10. The van der Waals surface area contributed by atoms with Gasteiger partial charge in [0.05, 0.1) is 10.9 Å². The topological polar surface area (TPSA) is 53.1 Å². The number of nitrogens with zero attached hydrogens (tertiary/aromatic N) is 2. The van der Waals surface area contributed by atoms with Gasteiger partial charge in [-0.2, -0.15) is 5.10 Å². The van der Waals surface area contributed by atoms with Crippen LogP contribution in [0.3, 0.4) is 0 Å². The highest BCUT2D eigenvalue weighted by molar-refractivity contribution is 5.94. The van der Waals surface area contributed by atoms with Crippen molar-refractivity contribution >= 4 is 16.7 Å². The summed E-state index contributed by atoms with van der Waals surface area (Å²) in [5.41, 5.74) is 8.04. The van der Waals surface area contributed by atoms with Crippen molar-refractivity contribution in [1.29, 1.82) is 0 Å². The number of hydrogen-bond acceptors (Lipinski definition) is 3. The van der Waals surface area contributed by atoms with Crippen molar-refractivity contribution in [2.24, 2.45) is 7.05 Å². The normalized spacial score (nSPS) is 10.8. The second-order valence-electron chi connectivity index (χ2n) is 4.43. The summed E-state index contributed by atoms with van der Waals surface area (Å²) >= 11 is 0. The SMILES string of the molecule is Cn1nc(N)c2c(OCc3ccccc3)cccc21. The molecule has 0 fully saturated rings. The Bertz CT molecular complexity index is 704. The van der Waals surface area contributed by atoms with E-state index >= 15 is 0 Å². The minimum atomic E-state index is 0.501. The molecule has 0 aliphatic heterocycles. The first-order chi connectivity index (χ1) is 9.25. The number of anilines is 1. The van der Waals surface area contributed by atoms with Crippen LogP contribution in [0.25, 0.3) is 10.9 Å². The Kier molecular flexibility index (Phi) is 2.83. The number of nitrogen functional groups attached to an aromatic ring is 1. The van der Waals surface area contributed by atoms with E-state index in [0.717, 1.165) is 22.2 Å². The molecule has 19 heavy (non-hydrogen) atoms. The minimum absolute atomic E-state index is 0.501. The van der Waals surface area contributed by atoms with Gasteiger partial charge in [-0.15, -0.1) is 0 Å². The highest BCUT2D eigenvalue weighted by Crippen LogP contribution is 2.30. The van der Waals surface area contributed by atoms with Gasteiger partial charge in [0.25, 0.3) is 0 Å². The molecule has 2 N–H and O–H groups in total. The molecule has 4 nitrogen and oxygen atoms in total. The number of aromatic nitrogens is 2. The van der Waals surface area contributed by atoms with Crippen molar-refractivity contribution in [1.82, 2.24) is 9.78 Å². The van der Waals surface area contributed by atoms with E-state index in [4.69, 9.17) is 10.5 Å². The lowest BCUT2D eigenvalue weighted by molar-refractivity contribution is 0.310. The molecular weight excluding hydrogens is 238 g/mol. The van der Waals surface area contributed by atoms with Crippen LogP contribution in [0, 0.1) is 0 Å². The average molecular weight is 253 g/mol. The van der Waals surface area contributed by atoms with Gasteiger partial charge in [-0.25, -0.2) is 0 Å². The molecule has 1 heterocycles. The summed E-state index contributed by atoms with van der Waals surface area (Å²) in [5, 5.41) is 5.10. The predicted molar refractivity (Wildman–Crippen MR) is 75.9 cm³/mol. The molecule has 0 aliphatic carbocycles. The maximum Gasteiger partial charge on any atom is 0.157 e. The van der Waals surface area contributed by atoms with Crippen molar-refractivity contribution in [3.8, 4) is 5.75 Å². The van der Waals surface area contributed by atoms with Crippen LogP contribution in [-0.2, 0) is 13.7 Å². The molecule has 4 heteroatoms. The van der Waals surface area contributed by atoms with Gasteiger partial charge in [-0.3, -0.25) is 4.68 Å². The van der Waals surface area contributed by atoms with Crippen LogP contribution in [-0.4, -0.2) is 9.78 Å². The number of aryl methyl sites for hydroxylation is 1. The number of fused-ring (bicyclic) bond motifs is 1. The zero-order chi connectivity index (χ0) is 13.2. The van der Waals surface area contributed by atoms with Gasteiger partial charge in [0.1, 0.15) is 12.4 Å². The molecule has 0 amide bonds. The van der Waals surface area contributed by atoms with Crippen LogP contribution in [0.1, 0.15) is 5.56 Å². The summed E-state index contributed by atoms with van der Waals surface area (Å²) in [4.78, 5) is 0. The van der Waals surface area contributed by atoms with Crippen LogP contribution in [0.4, 0.5) is 5.82 Å². The van der Waals surface area contributed by atoms with E-state index in [1.54, 1.807) is 4.68 Å². The second kappa shape index (κ2) is 4.65. The first kappa shape index (κ1) is 11.6. The summed E-state index contributed by atoms with van der Waals surface area (Å²) in [7, 11) is 1.87. The largest absolute Gasteiger partial charge is 0.488 e. The Morgan fingerprint density at radius 1 is 1.11 bits per heavy atom. The lowest BCUT2D eigenvalue weighted by atomic mass is 10.2. The zero-order valence-electron chi connectivity index (χ0n) is 10.7. The lowest BCUT2D eigenvalue weighted by Gasteiger charge is -2.07. The third kappa shape index (κ3) is 2.12. The molecule has 0 radical (unpaired) electrons. The fraction of sp³-hybridized carbons (Fsp3) is 0.133. The second-order valence-corrected chi connectivity index (χ2v) is 4.43. The van der Waals surface area contributed by atoms with Gasteiger partial charge >= 0.3 is 0 Å². The molecule has 3 aromatic rings. The maximum atomic E-state index is 5.93. The minimum Gasteiger partial charge on any atom is -0.488 e. The summed E-state index contributed by atoms with van der Waals surface area (Å²) in [6.45, 7) is 0.522. The van der Waals surface area contributed by atoms with Crippen molar-refractivity contribution in [2.75, 3.05) is 5.73 Å². The summed E-state index contributed by atoms with van der Waals surface area (Å²) in [6, 6.07) is 15.9. The monoisotopic (exact) mass is 253 g/mol. The van der Waals surface area contributed by atoms with E-state index < -0.39 is 0 Å². The van der Waals surface area contributed by atoms with Crippen LogP contribution < -0.4 is 10.5 Å². The van der Waals surface area contributed by atoms with Crippen LogP contribution >= 0.6 is 0 Å². The Balaban J connectivity index is 1.93. The summed E-state index contributed by atoms with van der Waals surface area (Å²) in [5.74, 6) is 1.27. The highest BCUT2D eigenvalue weighted by Gasteiger charge is 2.11. The Hall–Kier alpha value is -2.49. The van der Waals surface area contributed by atoms with Gasteiger partial charge in [0, 0.05) is 7.05 Å². The molecule has 0 saturated carbocycles. The molecule has 0 bridgehead atoms. The number of ether oxygens (including phenoxy) is 1. The van der Waals surface area contributed by atoms with Crippen molar-refractivity contribution in [3.05, 3.63) is 54.1 Å². The van der Waals surface area contributed by atoms with Crippen LogP contribution in [0.5, 0.6) is 5.75 Å². The molecule has 0 saturated heterocycles. The van der Waals surface area contributed by atoms with Gasteiger partial charge in [-0.1, -0.05) is 36.4 Å². The highest BCUT2D eigenvalue weighted by atomic mass is 16.5. The molecule has 0 aliphatic rings. The van der Waals surface area contributed by atoms with E-state index in [9.17, 15) is 0 Å². The standard InChI is InChI=1S/C15H15N3O/c1-18-12-8-5-9-13(14(12)15(16)17-18)19-10-11-6-3-2-4-7-11/h2-9H,10H2,1H3,(H2,16,17). The maximum absolute atomic E-state index is 5.93. The number of hydrogen-bond donors (Lipinski definition) is 1. The molecule has 2 aromatic carbocycles. The molecule has 3 rings (SSSR count). The Morgan fingerprint density at radius 2 is 1.89 bits per heavy atom. The van der Waals surface area contributed by atoms with Gasteiger partial charge < -0.3 is 10.5 Å². The average Bonchev–Trinajstić information content (AvgIpc) is 2.74. The zero-order valence-corrected chi connectivity index (χ0v) is 10.7. The smallest absolute Gasteiger partial charge is 0.157 e. The lowest BCUT2D eigenvalue weighted by Crippen LogP contribution is -1.96. The molecule has 0 atom stereocenters. The van der Waals surface area contributed by atoms with Gasteiger partial charge in [0.2, 0.25) is 0 Å². The van der Waals surface area contributed by atoms with Crippen LogP contribution in [0.15, 0.2) is 48.5 Å². The summed E-state index contributed by atoms with van der Waals surface area (Å²) < 4.78 is 7.63. The summed E-state index contributed by atoms with van der Waals surface area (Å²) in [6.07, 6.45) is 0. The van der Waals surface area contributed by atoms with E-state index in [0.29, 0.717) is 12.4 Å². The predicted octanol–water partition coefficient (Wildman–Crippen LogP) is 2.73. The van der Waals surface area contributed by atoms with Crippen molar-refractivity contribution < 1.29 is 4.74 Å². The fourth-order valence-electron chi connectivity index (χ4n) is 2.17. The molecule has 96 valence electrons. The number of benzene rings is 2. The van der Waals surface area contributed by atoms with E-state index in [1.165, 1.54) is 0 Å². The van der Waals surface area contributed by atoms with Crippen LogP contribution in [0.2, 0.25) is 0 Å². The van der Waals surface area contributed by atoms with E-state index in [1.807, 2.05) is 55.6 Å². The molecular formula is C15H15N3O. The van der Waals surface area contributed by atoms with Gasteiger partial charge in [-0.05, 0) is 17.7 Å². The molecule has 0 spiro atoms. The molecule has 1 aromatic heterocycles. The van der Waals surface area contributed by atoms with Gasteiger partial charge in [0.15, 0.2) is 5.82 Å². The van der Waals surface area contributed by atoms with E-state index in [-0.39, 0.29) is 0 Å². The fourth-order valence-corrected chi connectivity index (χ4v) is 2.17. The quantitative estimate of drug-likeness (QED) is 0.780. The van der Waals surface area contributed by atoms with Crippen molar-refractivity contribution in [2.45, 2.75) is 6.61 Å². The van der Waals surface area contributed by atoms with Crippen molar-refractivity contribution in [3.63, 3.8) is 0 Å². The first-order valence-electron chi connectivity index (χ1n) is 6.13. The third-order valence-corrected chi connectivity index (χ3v) is 3.10. The number of rotatable bonds is 3. The first-order valence-corrected chi connectivity index (χ1v) is 6.13. The Morgan fingerprint density at radius 3 is 2.68 bits per heavy atom. The molecule has 0 unspecified atom stereocenters.